The van der Waals surface area contributed by atoms with Gasteiger partial charge in [-0.3, -0.25) is 4.90 Å². The van der Waals surface area contributed by atoms with E-state index in [0.29, 0.717) is 12.6 Å². The van der Waals surface area contributed by atoms with Gasteiger partial charge in [0.05, 0.1) is 0 Å². The van der Waals surface area contributed by atoms with Crippen molar-refractivity contribution >= 4 is 0 Å². The molecule has 3 heteroatoms. The molecule has 22 heavy (non-hydrogen) atoms. The second kappa shape index (κ2) is 6.84. The Morgan fingerprint density at radius 1 is 1.18 bits per heavy atom. The van der Waals surface area contributed by atoms with Gasteiger partial charge in [-0.05, 0) is 36.6 Å². The van der Waals surface area contributed by atoms with Crippen molar-refractivity contribution in [2.24, 2.45) is 0 Å². The number of rotatable bonds is 5. The molecule has 0 spiro atoms. The predicted molar refractivity (Wildman–Crippen MR) is 88.2 cm³/mol. The second-order valence-electron chi connectivity index (χ2n) is 5.92. The Labute approximate surface area is 132 Å². The van der Waals surface area contributed by atoms with Gasteiger partial charge in [0.25, 0.3) is 0 Å². The fourth-order valence-electron chi connectivity index (χ4n) is 3.08. The van der Waals surface area contributed by atoms with E-state index >= 15 is 0 Å². The molecule has 1 N–H and O–H groups in total. The SMILES string of the molecule is CCCN(Cc1ccccc1)C1COc2cc(O)ccc2C1. The van der Waals surface area contributed by atoms with Gasteiger partial charge in [0.15, 0.2) is 0 Å². The Balaban J connectivity index is 1.74. The fourth-order valence-corrected chi connectivity index (χ4v) is 3.08. The van der Waals surface area contributed by atoms with E-state index in [-0.39, 0.29) is 5.75 Å². The first-order valence-electron chi connectivity index (χ1n) is 7.99. The molecule has 0 amide bonds. The third kappa shape index (κ3) is 3.42. The molecule has 1 atom stereocenters. The van der Waals surface area contributed by atoms with Crippen molar-refractivity contribution in [2.45, 2.75) is 32.4 Å². The highest BCUT2D eigenvalue weighted by atomic mass is 16.5. The lowest BCUT2D eigenvalue weighted by molar-refractivity contribution is 0.112. The molecule has 3 rings (SSSR count). The fraction of sp³-hybridized carbons (Fsp3) is 0.368. The number of fused-ring (bicyclic) bond motifs is 1. The van der Waals surface area contributed by atoms with Crippen LogP contribution in [0.5, 0.6) is 11.5 Å². The summed E-state index contributed by atoms with van der Waals surface area (Å²) in [4.78, 5) is 2.51. The van der Waals surface area contributed by atoms with Gasteiger partial charge < -0.3 is 9.84 Å². The minimum Gasteiger partial charge on any atom is -0.508 e. The molecule has 0 aromatic heterocycles. The van der Waals surface area contributed by atoms with Crippen molar-refractivity contribution in [3.05, 3.63) is 59.7 Å². The number of ether oxygens (including phenoxy) is 1. The molecule has 2 aromatic rings. The number of aromatic hydroxyl groups is 1. The molecule has 0 aliphatic carbocycles. The van der Waals surface area contributed by atoms with Crippen LogP contribution in [0.3, 0.4) is 0 Å². The second-order valence-corrected chi connectivity index (χ2v) is 5.92. The predicted octanol–water partition coefficient (Wildman–Crippen LogP) is 3.61. The molecule has 1 heterocycles. The third-order valence-electron chi connectivity index (χ3n) is 4.19. The Hall–Kier alpha value is -2.00. The van der Waals surface area contributed by atoms with E-state index in [2.05, 4.69) is 42.2 Å². The lowest BCUT2D eigenvalue weighted by Gasteiger charge is -2.35. The molecule has 0 radical (unpaired) electrons. The molecule has 0 bridgehead atoms. The summed E-state index contributed by atoms with van der Waals surface area (Å²) in [5.74, 6) is 1.10. The zero-order valence-electron chi connectivity index (χ0n) is 13.0. The maximum absolute atomic E-state index is 9.55. The topological polar surface area (TPSA) is 32.7 Å². The molecule has 2 aromatic carbocycles. The van der Waals surface area contributed by atoms with Gasteiger partial charge in [0, 0.05) is 18.7 Å². The highest BCUT2D eigenvalue weighted by Gasteiger charge is 2.25. The summed E-state index contributed by atoms with van der Waals surface area (Å²) in [5.41, 5.74) is 2.52. The zero-order valence-corrected chi connectivity index (χ0v) is 13.0. The van der Waals surface area contributed by atoms with Gasteiger partial charge in [-0.2, -0.15) is 0 Å². The average molecular weight is 297 g/mol. The Morgan fingerprint density at radius 2 is 2.00 bits per heavy atom. The van der Waals surface area contributed by atoms with Crippen LogP contribution >= 0.6 is 0 Å². The third-order valence-corrected chi connectivity index (χ3v) is 4.19. The van der Waals surface area contributed by atoms with E-state index in [9.17, 15) is 5.11 Å². The van der Waals surface area contributed by atoms with Crippen LogP contribution < -0.4 is 4.74 Å². The highest BCUT2D eigenvalue weighted by Crippen LogP contribution is 2.30. The van der Waals surface area contributed by atoms with Crippen LogP contribution in [0, 0.1) is 0 Å². The first-order chi connectivity index (χ1) is 10.8. The summed E-state index contributed by atoms with van der Waals surface area (Å²) in [6.45, 7) is 4.92. The standard InChI is InChI=1S/C19H23NO2/c1-2-10-20(13-15-6-4-3-5-7-15)17-11-16-8-9-18(21)12-19(16)22-14-17/h3-9,12,17,21H,2,10-11,13-14H2,1H3. The van der Waals surface area contributed by atoms with Crippen LogP contribution in [0.25, 0.3) is 0 Å². The monoisotopic (exact) mass is 297 g/mol. The van der Waals surface area contributed by atoms with Crippen LogP contribution in [0.1, 0.15) is 24.5 Å². The number of phenols is 1. The molecule has 0 saturated carbocycles. The summed E-state index contributed by atoms with van der Waals surface area (Å²) in [6, 6.07) is 16.4. The highest BCUT2D eigenvalue weighted by molar-refractivity contribution is 5.41. The molecular formula is C19H23NO2. The Morgan fingerprint density at radius 3 is 2.77 bits per heavy atom. The van der Waals surface area contributed by atoms with Crippen molar-refractivity contribution in [1.82, 2.24) is 4.90 Å². The average Bonchev–Trinajstić information content (AvgIpc) is 2.55. The van der Waals surface area contributed by atoms with Crippen molar-refractivity contribution in [3.8, 4) is 11.5 Å². The molecule has 1 unspecified atom stereocenters. The molecule has 0 fully saturated rings. The van der Waals surface area contributed by atoms with Gasteiger partial charge in [-0.15, -0.1) is 0 Å². The normalized spacial score (nSPS) is 17.1. The van der Waals surface area contributed by atoms with E-state index in [1.54, 1.807) is 12.1 Å². The number of nitrogens with zero attached hydrogens (tertiary/aromatic N) is 1. The van der Waals surface area contributed by atoms with Crippen LogP contribution in [0.15, 0.2) is 48.5 Å². The summed E-state index contributed by atoms with van der Waals surface area (Å²) < 4.78 is 5.88. The molecule has 3 nitrogen and oxygen atoms in total. The van der Waals surface area contributed by atoms with Crippen molar-refractivity contribution in [3.63, 3.8) is 0 Å². The Bertz CT molecular complexity index is 612. The van der Waals surface area contributed by atoms with E-state index in [1.165, 1.54) is 11.1 Å². The van der Waals surface area contributed by atoms with Gasteiger partial charge in [0.2, 0.25) is 0 Å². The maximum atomic E-state index is 9.55. The van der Waals surface area contributed by atoms with Crippen LogP contribution in [-0.4, -0.2) is 29.2 Å². The number of hydrogen-bond acceptors (Lipinski definition) is 3. The lowest BCUT2D eigenvalue weighted by Crippen LogP contribution is -2.43. The zero-order chi connectivity index (χ0) is 15.4. The summed E-state index contributed by atoms with van der Waals surface area (Å²) >= 11 is 0. The number of phenolic OH excluding ortho intramolecular Hbond substituents is 1. The minimum absolute atomic E-state index is 0.270. The smallest absolute Gasteiger partial charge is 0.126 e. The van der Waals surface area contributed by atoms with Crippen LogP contribution in [0.4, 0.5) is 0 Å². The van der Waals surface area contributed by atoms with Crippen LogP contribution in [-0.2, 0) is 13.0 Å². The summed E-state index contributed by atoms with van der Waals surface area (Å²) in [7, 11) is 0. The number of benzene rings is 2. The maximum Gasteiger partial charge on any atom is 0.126 e. The molecule has 1 aliphatic rings. The number of hydrogen-bond donors (Lipinski definition) is 1. The summed E-state index contributed by atoms with van der Waals surface area (Å²) in [5, 5.41) is 9.55. The van der Waals surface area contributed by atoms with Crippen molar-refractivity contribution < 1.29 is 9.84 Å². The first kappa shape index (κ1) is 14.9. The van der Waals surface area contributed by atoms with Gasteiger partial charge >= 0.3 is 0 Å². The summed E-state index contributed by atoms with van der Waals surface area (Å²) in [6.07, 6.45) is 2.11. The molecule has 116 valence electrons. The minimum atomic E-state index is 0.270. The van der Waals surface area contributed by atoms with E-state index in [1.807, 2.05) is 6.07 Å². The van der Waals surface area contributed by atoms with Crippen molar-refractivity contribution in [2.75, 3.05) is 13.2 Å². The van der Waals surface area contributed by atoms with Gasteiger partial charge in [-0.1, -0.05) is 43.3 Å². The van der Waals surface area contributed by atoms with Crippen molar-refractivity contribution in [1.29, 1.82) is 0 Å². The Kier molecular flexibility index (Phi) is 4.64. The van der Waals surface area contributed by atoms with Crippen LogP contribution in [0.2, 0.25) is 0 Å². The molecule has 1 aliphatic heterocycles. The lowest BCUT2D eigenvalue weighted by atomic mass is 10.0. The largest absolute Gasteiger partial charge is 0.508 e. The molecule has 0 saturated heterocycles. The van der Waals surface area contributed by atoms with E-state index < -0.39 is 0 Å². The van der Waals surface area contributed by atoms with Gasteiger partial charge in [-0.25, -0.2) is 0 Å². The quantitative estimate of drug-likeness (QED) is 0.915. The molecular weight excluding hydrogens is 274 g/mol. The first-order valence-corrected chi connectivity index (χ1v) is 7.99. The van der Waals surface area contributed by atoms with E-state index in [0.717, 1.165) is 31.7 Å². The van der Waals surface area contributed by atoms with E-state index in [4.69, 9.17) is 4.74 Å². The van der Waals surface area contributed by atoms with Gasteiger partial charge in [0.1, 0.15) is 18.1 Å².